The van der Waals surface area contributed by atoms with Crippen molar-refractivity contribution in [2.45, 2.75) is 83.2 Å². The Kier molecular flexibility index (Phi) is 4.04. The number of rotatable bonds is 3. The third-order valence-electron chi connectivity index (χ3n) is 7.53. The molecule has 2 heterocycles. The number of carbonyl (C=O) groups excluding carboxylic acids is 1. The van der Waals surface area contributed by atoms with E-state index in [-0.39, 0.29) is 30.7 Å². The average molecular weight is 350 g/mol. The van der Waals surface area contributed by atoms with Crippen LogP contribution >= 0.6 is 0 Å². The molecule has 0 radical (unpaired) electrons. The lowest BCUT2D eigenvalue weighted by Crippen LogP contribution is -2.63. The summed E-state index contributed by atoms with van der Waals surface area (Å²) in [6, 6.07) is -0.883. The summed E-state index contributed by atoms with van der Waals surface area (Å²) >= 11 is 0. The standard InChI is InChI=1S/C18H31BN2O4/c1-10(22)14(20)16(23)21-7-5-6-13(21)19-24-15-12-8-11(17(12,2)3)9-18(15,4)25-19/h10-15,22H,5-9,20H2,1-4H3/t10?,11-,12+,13+,14+,15-,18+/m1/s1. The molecule has 0 spiro atoms. The Morgan fingerprint density at radius 2 is 2.12 bits per heavy atom. The third-order valence-corrected chi connectivity index (χ3v) is 7.53. The molecule has 2 aliphatic heterocycles. The fourth-order valence-corrected chi connectivity index (χ4v) is 5.66. The molecule has 3 N–H and O–H groups in total. The zero-order valence-electron chi connectivity index (χ0n) is 15.8. The molecule has 0 aromatic heterocycles. The van der Waals surface area contributed by atoms with Crippen LogP contribution in [0, 0.1) is 17.3 Å². The van der Waals surface area contributed by atoms with Crippen LogP contribution in [-0.4, -0.2) is 59.4 Å². The minimum absolute atomic E-state index is 0.0972. The first kappa shape index (κ1) is 17.8. The molecule has 0 aromatic rings. The number of nitrogens with two attached hydrogens (primary N) is 1. The highest BCUT2D eigenvalue weighted by atomic mass is 16.7. The van der Waals surface area contributed by atoms with Crippen molar-refractivity contribution in [3.05, 3.63) is 0 Å². The van der Waals surface area contributed by atoms with Crippen LogP contribution in [0.3, 0.4) is 0 Å². The highest BCUT2D eigenvalue weighted by Gasteiger charge is 2.67. The number of likely N-dealkylation sites (tertiary alicyclic amines) is 1. The van der Waals surface area contributed by atoms with Gasteiger partial charge in [0.25, 0.3) is 0 Å². The first-order valence-corrected chi connectivity index (χ1v) is 9.72. The maximum Gasteiger partial charge on any atom is 0.481 e. The Labute approximate surface area is 150 Å². The van der Waals surface area contributed by atoms with Crippen LogP contribution in [0.25, 0.3) is 0 Å². The van der Waals surface area contributed by atoms with E-state index in [0.717, 1.165) is 19.3 Å². The van der Waals surface area contributed by atoms with Crippen molar-refractivity contribution in [1.29, 1.82) is 0 Å². The fourth-order valence-electron chi connectivity index (χ4n) is 5.66. The molecule has 6 nitrogen and oxygen atoms in total. The van der Waals surface area contributed by atoms with E-state index in [0.29, 0.717) is 23.8 Å². The van der Waals surface area contributed by atoms with Crippen LogP contribution in [0.1, 0.15) is 53.4 Å². The van der Waals surface area contributed by atoms with Crippen molar-refractivity contribution < 1.29 is 19.2 Å². The summed E-state index contributed by atoms with van der Waals surface area (Å²) in [5.74, 6) is 0.937. The topological polar surface area (TPSA) is 85.0 Å². The summed E-state index contributed by atoms with van der Waals surface area (Å²) in [6.45, 7) is 9.08. The lowest BCUT2D eigenvalue weighted by molar-refractivity contribution is -0.185. The molecule has 140 valence electrons. The van der Waals surface area contributed by atoms with Crippen molar-refractivity contribution in [2.75, 3.05) is 6.54 Å². The number of aliphatic hydroxyl groups excluding tert-OH is 1. The average Bonchev–Trinajstić information content (AvgIpc) is 3.15. The molecule has 1 unspecified atom stereocenters. The Morgan fingerprint density at radius 1 is 1.40 bits per heavy atom. The van der Waals surface area contributed by atoms with Gasteiger partial charge in [-0.05, 0) is 56.8 Å². The molecule has 2 bridgehead atoms. The number of hydrogen-bond acceptors (Lipinski definition) is 5. The zero-order valence-corrected chi connectivity index (χ0v) is 15.8. The molecule has 1 amide bonds. The van der Waals surface area contributed by atoms with E-state index in [1.165, 1.54) is 6.42 Å². The second kappa shape index (κ2) is 5.68. The fraction of sp³-hybridized carbons (Fsp3) is 0.944. The minimum atomic E-state index is -0.883. The van der Waals surface area contributed by atoms with Gasteiger partial charge in [-0.25, -0.2) is 0 Å². The van der Waals surface area contributed by atoms with Gasteiger partial charge in [0.15, 0.2) is 0 Å². The van der Waals surface area contributed by atoms with Crippen LogP contribution in [-0.2, 0) is 14.1 Å². The van der Waals surface area contributed by atoms with Crippen LogP contribution in [0.4, 0.5) is 0 Å². The summed E-state index contributed by atoms with van der Waals surface area (Å²) in [6.07, 6.45) is 3.30. The molecule has 2 saturated heterocycles. The van der Waals surface area contributed by atoms with E-state index >= 15 is 0 Å². The third kappa shape index (κ3) is 2.50. The van der Waals surface area contributed by atoms with Gasteiger partial charge in [0.05, 0.1) is 23.8 Å². The van der Waals surface area contributed by atoms with Crippen molar-refractivity contribution in [2.24, 2.45) is 23.0 Å². The lowest BCUT2D eigenvalue weighted by Gasteiger charge is -2.63. The van der Waals surface area contributed by atoms with Crippen LogP contribution in [0.15, 0.2) is 0 Å². The van der Waals surface area contributed by atoms with Crippen molar-refractivity contribution in [3.63, 3.8) is 0 Å². The van der Waals surface area contributed by atoms with Crippen LogP contribution < -0.4 is 5.73 Å². The molecule has 3 saturated carbocycles. The number of aliphatic hydroxyl groups is 1. The minimum Gasteiger partial charge on any atom is -0.404 e. The molecule has 3 aliphatic carbocycles. The normalized spacial score (nSPS) is 44.2. The zero-order chi connectivity index (χ0) is 18.1. The number of hydrogen-bond donors (Lipinski definition) is 2. The summed E-state index contributed by atoms with van der Waals surface area (Å²) in [4.78, 5) is 14.4. The van der Waals surface area contributed by atoms with Gasteiger partial charge in [-0.3, -0.25) is 4.79 Å². The monoisotopic (exact) mass is 350 g/mol. The molecule has 5 aliphatic rings. The second-order valence-corrected chi connectivity index (χ2v) is 9.43. The summed E-state index contributed by atoms with van der Waals surface area (Å²) < 4.78 is 12.9. The van der Waals surface area contributed by atoms with Gasteiger partial charge < -0.3 is 25.0 Å². The van der Waals surface area contributed by atoms with Gasteiger partial charge in [0.2, 0.25) is 5.91 Å². The molecule has 5 rings (SSSR count). The van der Waals surface area contributed by atoms with Crippen molar-refractivity contribution in [3.8, 4) is 0 Å². The first-order chi connectivity index (χ1) is 11.6. The van der Waals surface area contributed by atoms with E-state index in [1.807, 2.05) is 0 Å². The van der Waals surface area contributed by atoms with Gasteiger partial charge >= 0.3 is 7.12 Å². The number of amides is 1. The van der Waals surface area contributed by atoms with Gasteiger partial charge in [-0.15, -0.1) is 0 Å². The predicted molar refractivity (Wildman–Crippen MR) is 94.5 cm³/mol. The van der Waals surface area contributed by atoms with Crippen LogP contribution in [0.2, 0.25) is 0 Å². The molecule has 7 heteroatoms. The summed E-state index contributed by atoms with van der Waals surface area (Å²) in [5.41, 5.74) is 5.97. The van der Waals surface area contributed by atoms with Gasteiger partial charge in [-0.1, -0.05) is 13.8 Å². The smallest absolute Gasteiger partial charge is 0.404 e. The predicted octanol–water partition coefficient (Wildman–Crippen LogP) is 0.953. The summed E-state index contributed by atoms with van der Waals surface area (Å²) in [7, 11) is -0.377. The van der Waals surface area contributed by atoms with Crippen molar-refractivity contribution >= 4 is 13.0 Å². The Morgan fingerprint density at radius 3 is 2.76 bits per heavy atom. The molecular weight excluding hydrogens is 319 g/mol. The lowest BCUT2D eigenvalue weighted by atomic mass is 9.45. The number of carbonyl (C=O) groups is 1. The molecule has 0 aromatic carbocycles. The molecule has 25 heavy (non-hydrogen) atoms. The van der Waals surface area contributed by atoms with E-state index in [2.05, 4.69) is 20.8 Å². The maximum absolute atomic E-state index is 12.7. The van der Waals surface area contributed by atoms with E-state index in [9.17, 15) is 9.90 Å². The van der Waals surface area contributed by atoms with Gasteiger partial charge in [0, 0.05) is 6.54 Å². The Hall–Kier alpha value is -0.625. The first-order valence-electron chi connectivity index (χ1n) is 9.72. The Bertz CT molecular complexity index is 571. The SMILES string of the molecule is CC(O)[C@H](N)C(=O)N1CCC[C@H]1B1O[C@@H]2[C@@H]3C[C@H](C[C@]2(C)O1)C3(C)C. The molecule has 7 atom stereocenters. The maximum atomic E-state index is 12.7. The quantitative estimate of drug-likeness (QED) is 0.741. The van der Waals surface area contributed by atoms with E-state index in [4.69, 9.17) is 15.0 Å². The number of nitrogens with zero attached hydrogens (tertiary/aromatic N) is 1. The van der Waals surface area contributed by atoms with E-state index < -0.39 is 12.1 Å². The largest absolute Gasteiger partial charge is 0.481 e. The van der Waals surface area contributed by atoms with E-state index in [1.54, 1.807) is 11.8 Å². The molecular formula is C18H31BN2O4. The second-order valence-electron chi connectivity index (χ2n) is 9.43. The van der Waals surface area contributed by atoms with Gasteiger partial charge in [-0.2, -0.15) is 0 Å². The Balaban J connectivity index is 1.50. The highest BCUT2D eigenvalue weighted by Crippen LogP contribution is 2.64. The van der Waals surface area contributed by atoms with Gasteiger partial charge in [0.1, 0.15) is 6.04 Å². The molecule has 5 fully saturated rings. The van der Waals surface area contributed by atoms with Crippen LogP contribution in [0.5, 0.6) is 0 Å². The highest BCUT2D eigenvalue weighted by molar-refractivity contribution is 6.48. The summed E-state index contributed by atoms with van der Waals surface area (Å²) in [5, 5.41) is 9.68. The van der Waals surface area contributed by atoms with Crippen molar-refractivity contribution in [1.82, 2.24) is 4.90 Å².